The lowest BCUT2D eigenvalue weighted by molar-refractivity contribution is -0.147. The Morgan fingerprint density at radius 2 is 1.95 bits per heavy atom. The number of ether oxygens (including phenoxy) is 1. The largest absolute Gasteiger partial charge is 0.442 e. The third-order valence-electron chi connectivity index (χ3n) is 6.39. The summed E-state index contributed by atoms with van der Waals surface area (Å²) in [6.07, 6.45) is 11.0. The number of aromatic nitrogens is 6. The van der Waals surface area contributed by atoms with E-state index >= 15 is 0 Å². The van der Waals surface area contributed by atoms with E-state index in [0.29, 0.717) is 23.4 Å². The number of esters is 1. The van der Waals surface area contributed by atoms with E-state index in [4.69, 9.17) is 4.74 Å². The molecule has 5 rings (SSSR count). The highest BCUT2D eigenvalue weighted by Gasteiger charge is 2.24. The Balaban J connectivity index is 1.35. The predicted molar refractivity (Wildman–Crippen MR) is 140 cm³/mol. The molecule has 39 heavy (non-hydrogen) atoms. The Kier molecular flexibility index (Phi) is 8.05. The number of nitrogens with zero attached hydrogens (tertiary/aromatic N) is 6. The number of amides is 1. The molecule has 4 aromatic heterocycles. The van der Waals surface area contributed by atoms with Crippen LogP contribution in [0.4, 0.5) is 14.5 Å². The van der Waals surface area contributed by atoms with E-state index in [1.165, 1.54) is 16.0 Å². The molecule has 13 heteroatoms. The number of rotatable bonds is 9. The van der Waals surface area contributed by atoms with E-state index < -0.39 is 17.7 Å². The zero-order chi connectivity index (χ0) is 27.4. The van der Waals surface area contributed by atoms with Crippen LogP contribution in [-0.2, 0) is 16.3 Å². The van der Waals surface area contributed by atoms with Crippen molar-refractivity contribution in [1.82, 2.24) is 29.5 Å². The quantitative estimate of drug-likeness (QED) is 0.211. The van der Waals surface area contributed by atoms with Crippen LogP contribution in [-0.4, -0.2) is 41.4 Å². The molecule has 0 aromatic carbocycles. The summed E-state index contributed by atoms with van der Waals surface area (Å²) in [7, 11) is 0. The van der Waals surface area contributed by atoms with Gasteiger partial charge in [0, 0.05) is 29.8 Å². The number of hydrogen-bond donors (Lipinski definition) is 1. The second kappa shape index (κ2) is 11.8. The number of nitrogens with one attached hydrogen (secondary N) is 1. The maximum atomic E-state index is 14.6. The van der Waals surface area contributed by atoms with Crippen molar-refractivity contribution >= 4 is 28.9 Å². The highest BCUT2D eigenvalue weighted by Crippen LogP contribution is 2.34. The summed E-state index contributed by atoms with van der Waals surface area (Å²) in [6, 6.07) is 2.02. The summed E-state index contributed by atoms with van der Waals surface area (Å²) in [5.74, 6) is -2.42. The van der Waals surface area contributed by atoms with Crippen LogP contribution in [0.25, 0.3) is 22.0 Å². The van der Waals surface area contributed by atoms with Gasteiger partial charge >= 0.3 is 5.97 Å². The fraction of sp³-hybridized carbons (Fsp3) is 0.385. The van der Waals surface area contributed by atoms with E-state index in [9.17, 15) is 18.4 Å². The maximum Gasteiger partial charge on any atom is 0.307 e. The van der Waals surface area contributed by atoms with Crippen LogP contribution in [0.15, 0.2) is 36.1 Å². The van der Waals surface area contributed by atoms with Gasteiger partial charge in [-0.25, -0.2) is 19.0 Å². The number of carbonyl (C=O) groups is 2. The third kappa shape index (κ3) is 6.19. The molecule has 1 amide bonds. The minimum Gasteiger partial charge on any atom is -0.442 e. The zero-order valence-corrected chi connectivity index (χ0v) is 22.1. The molecule has 1 fully saturated rings. The van der Waals surface area contributed by atoms with Gasteiger partial charge in [0.2, 0.25) is 5.95 Å². The normalized spacial score (nSPS) is 13.9. The summed E-state index contributed by atoms with van der Waals surface area (Å²) in [5.41, 5.74) is 0.800. The molecule has 1 aliphatic rings. The van der Waals surface area contributed by atoms with E-state index in [2.05, 4.69) is 25.5 Å². The molecule has 204 valence electrons. The number of halogens is 2. The maximum absolute atomic E-state index is 14.6. The van der Waals surface area contributed by atoms with Gasteiger partial charge in [-0.15, -0.1) is 11.3 Å². The Bertz CT molecular complexity index is 1480. The summed E-state index contributed by atoms with van der Waals surface area (Å²) in [6.45, 7) is 1.87. The number of carbonyl (C=O) groups excluding carboxylic acids is 2. The van der Waals surface area contributed by atoms with Gasteiger partial charge in [-0.05, 0) is 31.4 Å². The van der Waals surface area contributed by atoms with Gasteiger partial charge < -0.3 is 10.1 Å². The first-order valence-electron chi connectivity index (χ1n) is 12.8. The lowest BCUT2D eigenvalue weighted by Crippen LogP contribution is -2.14. The van der Waals surface area contributed by atoms with Crippen molar-refractivity contribution in [1.29, 1.82) is 0 Å². The van der Waals surface area contributed by atoms with Crippen LogP contribution < -0.4 is 5.32 Å². The SMILES string of the molecule is CCCC(=O)OCn1cc(-c2nc(C(=O)Nc3cn(C4CCCCC4)nc3-c3nc(F)ccc3F)cs2)cn1. The standard InChI is InChI=1S/C26H27F2N7O3S/c1-2-6-22(36)38-15-34-12-16(11-29-34)26-31-20(14-39-26)25(37)30-19-13-35(17-7-4-3-5-8-17)33-24(19)23-18(27)9-10-21(28)32-23/h9-14,17H,2-8,15H2,1H3,(H,30,37). The average molecular weight is 556 g/mol. The van der Waals surface area contributed by atoms with Crippen LogP contribution in [0.5, 0.6) is 0 Å². The fourth-order valence-electron chi connectivity index (χ4n) is 4.43. The third-order valence-corrected chi connectivity index (χ3v) is 7.29. The van der Waals surface area contributed by atoms with Crippen molar-refractivity contribution in [3.8, 4) is 22.0 Å². The smallest absolute Gasteiger partial charge is 0.307 e. The molecule has 4 heterocycles. The molecule has 0 atom stereocenters. The molecule has 0 spiro atoms. The van der Waals surface area contributed by atoms with Crippen LogP contribution >= 0.6 is 11.3 Å². The second-order valence-corrected chi connectivity index (χ2v) is 10.1. The van der Waals surface area contributed by atoms with Gasteiger partial charge in [-0.3, -0.25) is 14.3 Å². The molecule has 0 bridgehead atoms. The second-order valence-electron chi connectivity index (χ2n) is 9.28. The van der Waals surface area contributed by atoms with Crippen molar-refractivity contribution in [3.05, 3.63) is 53.6 Å². The minimum atomic E-state index is -0.847. The molecule has 0 saturated heterocycles. The van der Waals surface area contributed by atoms with E-state index in [0.717, 1.165) is 44.2 Å². The first-order chi connectivity index (χ1) is 18.9. The fourth-order valence-corrected chi connectivity index (χ4v) is 5.21. The van der Waals surface area contributed by atoms with Gasteiger partial charge in [0.15, 0.2) is 12.5 Å². The molecule has 0 aliphatic heterocycles. The minimum absolute atomic E-state index is 0.0179. The highest BCUT2D eigenvalue weighted by molar-refractivity contribution is 7.13. The average Bonchev–Trinajstić information content (AvgIpc) is 3.69. The summed E-state index contributed by atoms with van der Waals surface area (Å²) in [4.78, 5) is 32.9. The summed E-state index contributed by atoms with van der Waals surface area (Å²) in [5, 5.41) is 13.6. The van der Waals surface area contributed by atoms with Crippen molar-refractivity contribution < 1.29 is 23.1 Å². The molecule has 1 N–H and O–H groups in total. The van der Waals surface area contributed by atoms with E-state index in [1.54, 1.807) is 28.7 Å². The molecule has 0 unspecified atom stereocenters. The van der Waals surface area contributed by atoms with Gasteiger partial charge in [-0.1, -0.05) is 26.2 Å². The van der Waals surface area contributed by atoms with Crippen molar-refractivity contribution in [2.24, 2.45) is 0 Å². The van der Waals surface area contributed by atoms with Crippen molar-refractivity contribution in [3.63, 3.8) is 0 Å². The van der Waals surface area contributed by atoms with Crippen LogP contribution in [0.1, 0.15) is 68.4 Å². The van der Waals surface area contributed by atoms with Gasteiger partial charge in [-0.2, -0.15) is 14.6 Å². The molecule has 1 aliphatic carbocycles. The number of thiazole rings is 1. The summed E-state index contributed by atoms with van der Waals surface area (Å²) < 4.78 is 36.9. The summed E-state index contributed by atoms with van der Waals surface area (Å²) >= 11 is 1.24. The predicted octanol–water partition coefficient (Wildman–Crippen LogP) is 5.60. The highest BCUT2D eigenvalue weighted by atomic mass is 32.1. The first kappa shape index (κ1) is 26.6. The monoisotopic (exact) mass is 555 g/mol. The van der Waals surface area contributed by atoms with Crippen molar-refractivity contribution in [2.45, 2.75) is 64.6 Å². The van der Waals surface area contributed by atoms with Crippen LogP contribution in [0.3, 0.4) is 0 Å². The zero-order valence-electron chi connectivity index (χ0n) is 21.3. The first-order valence-corrected chi connectivity index (χ1v) is 13.7. The molecular weight excluding hydrogens is 528 g/mol. The number of anilines is 1. The van der Waals surface area contributed by atoms with E-state index in [-0.39, 0.29) is 41.5 Å². The Hall–Kier alpha value is -4.00. The molecule has 10 nitrogen and oxygen atoms in total. The molecule has 0 radical (unpaired) electrons. The van der Waals surface area contributed by atoms with Crippen LogP contribution in [0, 0.1) is 11.8 Å². The number of hydrogen-bond acceptors (Lipinski definition) is 8. The van der Waals surface area contributed by atoms with E-state index in [1.807, 2.05) is 6.92 Å². The molecular formula is C26H27F2N7O3S. The topological polar surface area (TPSA) is 117 Å². The Morgan fingerprint density at radius 1 is 1.13 bits per heavy atom. The van der Waals surface area contributed by atoms with Crippen molar-refractivity contribution in [2.75, 3.05) is 5.32 Å². The lowest BCUT2D eigenvalue weighted by Gasteiger charge is -2.21. The van der Waals surface area contributed by atoms with Gasteiger partial charge in [0.25, 0.3) is 5.91 Å². The van der Waals surface area contributed by atoms with Crippen LogP contribution in [0.2, 0.25) is 0 Å². The number of pyridine rings is 1. The molecule has 4 aromatic rings. The lowest BCUT2D eigenvalue weighted by atomic mass is 9.96. The Labute approximate surface area is 227 Å². The Morgan fingerprint density at radius 3 is 2.74 bits per heavy atom. The molecule has 1 saturated carbocycles. The van der Waals surface area contributed by atoms with Gasteiger partial charge in [0.05, 0.1) is 17.9 Å². The van der Waals surface area contributed by atoms with Gasteiger partial charge in [0.1, 0.15) is 22.1 Å².